The largest absolute Gasteiger partial charge is 0.368 e. The van der Waals surface area contributed by atoms with Gasteiger partial charge < -0.3 is 15.5 Å². The zero-order valence-electron chi connectivity index (χ0n) is 7.60. The van der Waals surface area contributed by atoms with Crippen molar-refractivity contribution in [2.75, 3.05) is 6.29 Å². The molecular weight excluding hydrogens is 195 g/mol. The number of hydrogen-bond donors (Lipinski definition) is 4. The van der Waals surface area contributed by atoms with Crippen LogP contribution in [0.1, 0.15) is 13.8 Å². The molecular formula is C6H15N2O4P. The summed E-state index contributed by atoms with van der Waals surface area (Å²) in [5.41, 5.74) is 5.01. The second kappa shape index (κ2) is 4.72. The Kier molecular flexibility index (Phi) is 4.56. The average molecular weight is 210 g/mol. The van der Waals surface area contributed by atoms with Crippen molar-refractivity contribution in [3.63, 3.8) is 0 Å². The van der Waals surface area contributed by atoms with Crippen LogP contribution in [0.25, 0.3) is 0 Å². The van der Waals surface area contributed by atoms with Crippen LogP contribution in [0.5, 0.6) is 0 Å². The molecule has 7 heteroatoms. The minimum absolute atomic E-state index is 0.0935. The summed E-state index contributed by atoms with van der Waals surface area (Å²) in [5.74, 6) is -0.701. The molecule has 6 nitrogen and oxygen atoms in total. The lowest BCUT2D eigenvalue weighted by Gasteiger charge is -2.18. The predicted molar refractivity (Wildman–Crippen MR) is 47.9 cm³/mol. The molecule has 0 fully saturated rings. The maximum absolute atomic E-state index is 10.8. The normalized spacial score (nSPS) is 14.5. The molecule has 0 heterocycles. The van der Waals surface area contributed by atoms with Gasteiger partial charge in [0, 0.05) is 0 Å². The molecule has 0 saturated heterocycles. The Morgan fingerprint density at radius 1 is 1.54 bits per heavy atom. The van der Waals surface area contributed by atoms with Gasteiger partial charge in [-0.05, 0) is 5.92 Å². The SMILES string of the molecule is CC(C)C(NCP(=O)(O)O)C(N)=O. The van der Waals surface area contributed by atoms with Crippen LogP contribution in [0.3, 0.4) is 0 Å². The molecule has 0 aromatic heterocycles. The molecule has 13 heavy (non-hydrogen) atoms. The highest BCUT2D eigenvalue weighted by Gasteiger charge is 2.22. The van der Waals surface area contributed by atoms with Crippen LogP contribution in [0.4, 0.5) is 0 Å². The van der Waals surface area contributed by atoms with Crippen LogP contribution in [0.15, 0.2) is 0 Å². The van der Waals surface area contributed by atoms with E-state index in [-0.39, 0.29) is 5.92 Å². The van der Waals surface area contributed by atoms with E-state index in [0.29, 0.717) is 0 Å². The van der Waals surface area contributed by atoms with Crippen LogP contribution >= 0.6 is 7.60 Å². The molecule has 0 bridgehead atoms. The van der Waals surface area contributed by atoms with Gasteiger partial charge in [-0.1, -0.05) is 13.8 Å². The van der Waals surface area contributed by atoms with Crippen molar-refractivity contribution >= 4 is 13.5 Å². The Balaban J connectivity index is 4.14. The lowest BCUT2D eigenvalue weighted by molar-refractivity contribution is -0.120. The molecule has 0 rings (SSSR count). The summed E-state index contributed by atoms with van der Waals surface area (Å²) in [7, 11) is -4.12. The highest BCUT2D eigenvalue weighted by atomic mass is 31.2. The van der Waals surface area contributed by atoms with Crippen LogP contribution in [0.2, 0.25) is 0 Å². The Hall–Kier alpha value is -0.420. The van der Waals surface area contributed by atoms with Crippen molar-refractivity contribution in [3.05, 3.63) is 0 Å². The number of nitrogens with two attached hydrogens (primary N) is 1. The molecule has 0 aromatic carbocycles. The van der Waals surface area contributed by atoms with Gasteiger partial charge in [-0.3, -0.25) is 14.7 Å². The first-order valence-corrected chi connectivity index (χ1v) is 5.61. The highest BCUT2D eigenvalue weighted by Crippen LogP contribution is 2.32. The van der Waals surface area contributed by atoms with E-state index in [1.54, 1.807) is 13.8 Å². The standard InChI is InChI=1S/C6H15N2O4P/c1-4(2)5(6(7)9)8-3-13(10,11)12/h4-5,8H,3H2,1-2H3,(H2,7,9)(H2,10,11,12). The van der Waals surface area contributed by atoms with E-state index in [1.165, 1.54) is 0 Å². The summed E-state index contributed by atoms with van der Waals surface area (Å²) < 4.78 is 10.5. The smallest absolute Gasteiger partial charge is 0.339 e. The first-order valence-electron chi connectivity index (χ1n) is 3.81. The van der Waals surface area contributed by atoms with Gasteiger partial charge in [0.25, 0.3) is 0 Å². The van der Waals surface area contributed by atoms with Crippen LogP contribution in [0, 0.1) is 5.92 Å². The first kappa shape index (κ1) is 12.6. The van der Waals surface area contributed by atoms with Crippen LogP contribution in [-0.2, 0) is 9.36 Å². The fourth-order valence-corrected chi connectivity index (χ4v) is 1.32. The van der Waals surface area contributed by atoms with Gasteiger partial charge >= 0.3 is 7.60 Å². The number of hydrogen-bond acceptors (Lipinski definition) is 3. The fraction of sp³-hybridized carbons (Fsp3) is 0.833. The minimum atomic E-state index is -4.12. The molecule has 0 aliphatic carbocycles. The minimum Gasteiger partial charge on any atom is -0.368 e. The predicted octanol–water partition coefficient (Wildman–Crippen LogP) is -0.779. The van der Waals surface area contributed by atoms with Gasteiger partial charge in [-0.25, -0.2) is 0 Å². The van der Waals surface area contributed by atoms with E-state index in [4.69, 9.17) is 15.5 Å². The lowest BCUT2D eigenvalue weighted by Crippen LogP contribution is -2.45. The van der Waals surface area contributed by atoms with Gasteiger partial charge in [0.15, 0.2) is 0 Å². The Labute approximate surface area is 76.7 Å². The topological polar surface area (TPSA) is 113 Å². The van der Waals surface area contributed by atoms with Crippen molar-refractivity contribution in [1.82, 2.24) is 5.32 Å². The highest BCUT2D eigenvalue weighted by molar-refractivity contribution is 7.51. The quantitative estimate of drug-likeness (QED) is 0.445. The Bertz CT molecular complexity index is 225. The monoisotopic (exact) mass is 210 g/mol. The molecule has 0 aliphatic rings. The maximum atomic E-state index is 10.8. The van der Waals surface area contributed by atoms with Crippen molar-refractivity contribution in [2.45, 2.75) is 19.9 Å². The third kappa shape index (κ3) is 5.76. The molecule has 78 valence electrons. The Morgan fingerprint density at radius 2 is 2.00 bits per heavy atom. The van der Waals surface area contributed by atoms with E-state index in [1.807, 2.05) is 0 Å². The van der Waals surface area contributed by atoms with E-state index < -0.39 is 25.8 Å². The van der Waals surface area contributed by atoms with Crippen molar-refractivity contribution in [2.24, 2.45) is 11.7 Å². The van der Waals surface area contributed by atoms with Gasteiger partial charge in [0.2, 0.25) is 5.91 Å². The van der Waals surface area contributed by atoms with E-state index >= 15 is 0 Å². The fourth-order valence-electron chi connectivity index (χ4n) is 0.882. The Morgan fingerprint density at radius 3 is 2.23 bits per heavy atom. The summed E-state index contributed by atoms with van der Waals surface area (Å²) in [6.45, 7) is 3.48. The summed E-state index contributed by atoms with van der Waals surface area (Å²) in [6.07, 6.45) is -0.529. The van der Waals surface area contributed by atoms with E-state index in [2.05, 4.69) is 5.32 Å². The van der Waals surface area contributed by atoms with Crippen molar-refractivity contribution in [3.8, 4) is 0 Å². The van der Waals surface area contributed by atoms with Gasteiger partial charge in [-0.15, -0.1) is 0 Å². The maximum Gasteiger partial charge on any atom is 0.339 e. The molecule has 0 radical (unpaired) electrons. The second-order valence-electron chi connectivity index (χ2n) is 3.15. The average Bonchev–Trinajstić information content (AvgIpc) is 1.82. The van der Waals surface area contributed by atoms with Gasteiger partial charge in [0.1, 0.15) is 0 Å². The number of amides is 1. The lowest BCUT2D eigenvalue weighted by atomic mass is 10.0. The number of carbonyl (C=O) groups excluding carboxylic acids is 1. The number of primary amides is 1. The summed E-state index contributed by atoms with van der Waals surface area (Å²) in [5, 5.41) is 2.42. The molecule has 1 atom stereocenters. The molecule has 0 aliphatic heterocycles. The first-order chi connectivity index (χ1) is 5.74. The summed E-state index contributed by atoms with van der Waals surface area (Å²) in [4.78, 5) is 27.8. The molecule has 1 amide bonds. The zero-order chi connectivity index (χ0) is 10.6. The molecule has 0 saturated carbocycles. The van der Waals surface area contributed by atoms with Crippen LogP contribution < -0.4 is 11.1 Å². The second-order valence-corrected chi connectivity index (χ2v) is 4.80. The third-order valence-corrected chi connectivity index (χ3v) is 2.08. The van der Waals surface area contributed by atoms with E-state index in [9.17, 15) is 9.36 Å². The molecule has 0 spiro atoms. The zero-order valence-corrected chi connectivity index (χ0v) is 8.49. The number of rotatable bonds is 5. The number of nitrogens with one attached hydrogen (secondary N) is 1. The summed E-state index contributed by atoms with van der Waals surface area (Å²) >= 11 is 0. The summed E-state index contributed by atoms with van der Waals surface area (Å²) in [6, 6.07) is -0.701. The molecule has 5 N–H and O–H groups in total. The van der Waals surface area contributed by atoms with Crippen molar-refractivity contribution in [1.29, 1.82) is 0 Å². The van der Waals surface area contributed by atoms with Crippen LogP contribution in [-0.4, -0.2) is 28.0 Å². The van der Waals surface area contributed by atoms with Gasteiger partial charge in [0.05, 0.1) is 12.3 Å². The third-order valence-electron chi connectivity index (χ3n) is 1.49. The van der Waals surface area contributed by atoms with Gasteiger partial charge in [-0.2, -0.15) is 0 Å². The molecule has 1 unspecified atom stereocenters. The number of carbonyl (C=O) groups is 1. The van der Waals surface area contributed by atoms with E-state index in [0.717, 1.165) is 0 Å². The molecule has 0 aromatic rings. The van der Waals surface area contributed by atoms with Crippen molar-refractivity contribution < 1.29 is 19.1 Å².